The summed E-state index contributed by atoms with van der Waals surface area (Å²) in [5.41, 5.74) is 3.56. The van der Waals surface area contributed by atoms with Crippen LogP contribution in [0, 0.1) is 0 Å². The number of benzene rings is 3. The number of amides is 1. The third kappa shape index (κ3) is 4.39. The van der Waals surface area contributed by atoms with Gasteiger partial charge in [-0.15, -0.1) is 0 Å². The number of rotatable bonds is 5. The summed E-state index contributed by atoms with van der Waals surface area (Å²) in [5.74, 6) is -0.339. The molecule has 0 bridgehead atoms. The Kier molecular flexibility index (Phi) is 5.48. The fourth-order valence-corrected chi connectivity index (χ4v) is 3.36. The second kappa shape index (κ2) is 7.84. The zero-order valence-electron chi connectivity index (χ0n) is 15.6. The predicted octanol–water partition coefficient (Wildman–Crippen LogP) is 3.32. The Hall–Kier alpha value is -3.16. The molecular weight excluding hydrogens is 374 g/mol. The highest BCUT2D eigenvalue weighted by atomic mass is 32.2. The Morgan fingerprint density at radius 1 is 0.893 bits per heavy atom. The Morgan fingerprint density at radius 3 is 2.07 bits per heavy atom. The summed E-state index contributed by atoms with van der Waals surface area (Å²) in [7, 11) is -0.271. The Balaban J connectivity index is 1.88. The molecule has 3 aromatic carbocycles. The van der Waals surface area contributed by atoms with Crippen molar-refractivity contribution in [3.63, 3.8) is 0 Å². The first-order chi connectivity index (χ1) is 13.3. The van der Waals surface area contributed by atoms with Crippen molar-refractivity contribution in [2.75, 3.05) is 24.3 Å². The van der Waals surface area contributed by atoms with Crippen LogP contribution >= 0.6 is 0 Å². The van der Waals surface area contributed by atoms with Crippen LogP contribution in [0.15, 0.2) is 77.7 Å². The van der Waals surface area contributed by atoms with Gasteiger partial charge in [0.15, 0.2) is 0 Å². The van der Waals surface area contributed by atoms with E-state index in [0.717, 1.165) is 11.1 Å². The lowest BCUT2D eigenvalue weighted by molar-refractivity contribution is 0.102. The summed E-state index contributed by atoms with van der Waals surface area (Å²) in [6.45, 7) is 0. The number of carbonyl (C=O) groups is 1. The molecule has 0 aliphatic carbocycles. The van der Waals surface area contributed by atoms with Gasteiger partial charge in [-0.2, -0.15) is 0 Å². The lowest BCUT2D eigenvalue weighted by Crippen LogP contribution is -2.18. The molecule has 7 heteroatoms. The number of hydrogen-bond acceptors (Lipinski definition) is 4. The first kappa shape index (κ1) is 19.6. The normalized spacial score (nSPS) is 11.1. The monoisotopic (exact) mass is 395 g/mol. The Bertz CT molecular complexity index is 1090. The number of primary sulfonamides is 1. The standard InChI is InChI=1S/C21H21N3O3S/c1-24(2)20-13-12-18(28(22,26)27)14-19(20)23-21(25)17-10-8-16(9-11-17)15-6-4-3-5-7-15/h3-14H,1-2H3,(H,23,25)(H2,22,26,27). The molecule has 28 heavy (non-hydrogen) atoms. The summed E-state index contributed by atoms with van der Waals surface area (Å²) >= 11 is 0. The fraction of sp³-hybridized carbons (Fsp3) is 0.0952. The first-order valence-electron chi connectivity index (χ1n) is 8.57. The average Bonchev–Trinajstić information content (AvgIpc) is 2.68. The Morgan fingerprint density at radius 2 is 1.50 bits per heavy atom. The van der Waals surface area contributed by atoms with Crippen molar-refractivity contribution in [1.29, 1.82) is 0 Å². The number of nitrogens with one attached hydrogen (secondary N) is 1. The highest BCUT2D eigenvalue weighted by Crippen LogP contribution is 2.28. The van der Waals surface area contributed by atoms with Gasteiger partial charge in [-0.05, 0) is 41.5 Å². The van der Waals surface area contributed by atoms with Gasteiger partial charge in [0.1, 0.15) is 0 Å². The van der Waals surface area contributed by atoms with E-state index < -0.39 is 10.0 Å². The third-order valence-electron chi connectivity index (χ3n) is 4.28. The minimum absolute atomic E-state index is 0.0622. The van der Waals surface area contributed by atoms with E-state index >= 15 is 0 Å². The van der Waals surface area contributed by atoms with Crippen molar-refractivity contribution >= 4 is 27.3 Å². The van der Waals surface area contributed by atoms with E-state index in [1.54, 1.807) is 37.2 Å². The van der Waals surface area contributed by atoms with Gasteiger partial charge in [0.05, 0.1) is 16.3 Å². The number of hydrogen-bond donors (Lipinski definition) is 2. The van der Waals surface area contributed by atoms with Crippen molar-refractivity contribution in [2.45, 2.75) is 4.90 Å². The highest BCUT2D eigenvalue weighted by Gasteiger charge is 2.15. The van der Waals surface area contributed by atoms with Crippen LogP contribution < -0.4 is 15.4 Å². The van der Waals surface area contributed by atoms with Crippen LogP contribution in [0.25, 0.3) is 11.1 Å². The van der Waals surface area contributed by atoms with Crippen molar-refractivity contribution in [3.05, 3.63) is 78.4 Å². The minimum atomic E-state index is -3.87. The van der Waals surface area contributed by atoms with E-state index in [-0.39, 0.29) is 10.8 Å². The number of nitrogens with zero attached hydrogens (tertiary/aromatic N) is 1. The molecule has 0 atom stereocenters. The van der Waals surface area contributed by atoms with Crippen molar-refractivity contribution in [2.24, 2.45) is 5.14 Å². The van der Waals surface area contributed by atoms with Gasteiger partial charge in [-0.3, -0.25) is 4.79 Å². The molecule has 0 heterocycles. The topological polar surface area (TPSA) is 92.5 Å². The molecule has 6 nitrogen and oxygen atoms in total. The second-order valence-corrected chi connectivity index (χ2v) is 8.08. The lowest BCUT2D eigenvalue weighted by Gasteiger charge is -2.19. The molecule has 0 unspecified atom stereocenters. The van der Waals surface area contributed by atoms with Crippen molar-refractivity contribution in [1.82, 2.24) is 0 Å². The molecule has 3 aromatic rings. The summed E-state index contributed by atoms with van der Waals surface area (Å²) in [6.07, 6.45) is 0. The largest absolute Gasteiger partial charge is 0.376 e. The van der Waals surface area contributed by atoms with Gasteiger partial charge in [0.2, 0.25) is 10.0 Å². The maximum Gasteiger partial charge on any atom is 0.255 e. The summed E-state index contributed by atoms with van der Waals surface area (Å²) in [5, 5.41) is 7.99. The lowest BCUT2D eigenvalue weighted by atomic mass is 10.0. The second-order valence-electron chi connectivity index (χ2n) is 6.52. The minimum Gasteiger partial charge on any atom is -0.376 e. The van der Waals surface area contributed by atoms with Gasteiger partial charge >= 0.3 is 0 Å². The summed E-state index contributed by atoms with van der Waals surface area (Å²) < 4.78 is 23.3. The quantitative estimate of drug-likeness (QED) is 0.693. The van der Waals surface area contributed by atoms with Crippen LogP contribution in [0.2, 0.25) is 0 Å². The predicted molar refractivity (Wildman–Crippen MR) is 112 cm³/mol. The molecule has 0 aliphatic rings. The van der Waals surface area contributed by atoms with Crippen LogP contribution in [-0.2, 0) is 10.0 Å². The van der Waals surface area contributed by atoms with Crippen LogP contribution in [0.3, 0.4) is 0 Å². The van der Waals surface area contributed by atoms with Crippen LogP contribution in [0.5, 0.6) is 0 Å². The van der Waals surface area contributed by atoms with Crippen LogP contribution in [0.1, 0.15) is 10.4 Å². The molecule has 144 valence electrons. The average molecular weight is 395 g/mol. The maximum atomic E-state index is 12.7. The van der Waals surface area contributed by atoms with Gasteiger partial charge < -0.3 is 10.2 Å². The van der Waals surface area contributed by atoms with E-state index in [1.165, 1.54) is 12.1 Å². The Labute approximate surface area is 164 Å². The van der Waals surface area contributed by atoms with Gasteiger partial charge in [0.25, 0.3) is 5.91 Å². The van der Waals surface area contributed by atoms with Gasteiger partial charge in [-0.1, -0.05) is 42.5 Å². The molecule has 3 rings (SSSR count). The van der Waals surface area contributed by atoms with E-state index in [9.17, 15) is 13.2 Å². The zero-order chi connectivity index (χ0) is 20.3. The molecule has 1 amide bonds. The van der Waals surface area contributed by atoms with E-state index in [1.807, 2.05) is 42.5 Å². The molecule has 0 spiro atoms. The number of carbonyl (C=O) groups excluding carboxylic acids is 1. The third-order valence-corrected chi connectivity index (χ3v) is 5.19. The zero-order valence-corrected chi connectivity index (χ0v) is 16.4. The van der Waals surface area contributed by atoms with Gasteiger partial charge in [0, 0.05) is 19.7 Å². The van der Waals surface area contributed by atoms with Gasteiger partial charge in [-0.25, -0.2) is 13.6 Å². The summed E-state index contributed by atoms with van der Waals surface area (Å²) in [6, 6.07) is 21.4. The number of nitrogens with two attached hydrogens (primary N) is 1. The van der Waals surface area contributed by atoms with Crippen molar-refractivity contribution < 1.29 is 13.2 Å². The molecule has 0 fully saturated rings. The molecule has 0 saturated carbocycles. The smallest absolute Gasteiger partial charge is 0.255 e. The molecule has 0 aromatic heterocycles. The first-order valence-corrected chi connectivity index (χ1v) is 10.1. The number of anilines is 2. The fourth-order valence-electron chi connectivity index (χ4n) is 2.82. The molecule has 0 radical (unpaired) electrons. The molecule has 0 aliphatic heterocycles. The molecule has 0 saturated heterocycles. The number of sulfonamides is 1. The molecule has 3 N–H and O–H groups in total. The van der Waals surface area contributed by atoms with E-state index in [4.69, 9.17) is 5.14 Å². The van der Waals surface area contributed by atoms with E-state index in [2.05, 4.69) is 5.32 Å². The molecular formula is C21H21N3O3S. The summed E-state index contributed by atoms with van der Waals surface area (Å²) in [4.78, 5) is 14.4. The SMILES string of the molecule is CN(C)c1ccc(S(N)(=O)=O)cc1NC(=O)c1ccc(-c2ccccc2)cc1. The van der Waals surface area contributed by atoms with E-state index in [0.29, 0.717) is 16.9 Å². The van der Waals surface area contributed by atoms with Crippen molar-refractivity contribution in [3.8, 4) is 11.1 Å². The van der Waals surface area contributed by atoms with Crippen LogP contribution in [-0.4, -0.2) is 28.4 Å². The maximum absolute atomic E-state index is 12.7. The van der Waals surface area contributed by atoms with Crippen LogP contribution in [0.4, 0.5) is 11.4 Å². The highest BCUT2D eigenvalue weighted by molar-refractivity contribution is 7.89.